The Labute approximate surface area is 150 Å². The van der Waals surface area contributed by atoms with Gasteiger partial charge in [-0.1, -0.05) is 26.8 Å². The van der Waals surface area contributed by atoms with Crippen molar-refractivity contribution in [2.45, 2.75) is 47.0 Å². The molecule has 24 heavy (non-hydrogen) atoms. The van der Waals surface area contributed by atoms with E-state index in [9.17, 15) is 4.79 Å². The number of anilines is 1. The highest BCUT2D eigenvalue weighted by molar-refractivity contribution is 7.10. The molecule has 134 valence electrons. The zero-order valence-corrected chi connectivity index (χ0v) is 16.2. The predicted octanol–water partition coefficient (Wildman–Crippen LogP) is 4.10. The molecule has 1 fully saturated rings. The van der Waals surface area contributed by atoms with Crippen LogP contribution >= 0.6 is 11.5 Å². The van der Waals surface area contributed by atoms with Gasteiger partial charge in [-0.3, -0.25) is 9.80 Å². The van der Waals surface area contributed by atoms with Gasteiger partial charge in [-0.25, -0.2) is 4.79 Å². The van der Waals surface area contributed by atoms with Crippen LogP contribution in [-0.2, 0) is 6.42 Å². The summed E-state index contributed by atoms with van der Waals surface area (Å²) in [6, 6.07) is 0.105. The van der Waals surface area contributed by atoms with E-state index in [4.69, 9.17) is 0 Å². The fourth-order valence-corrected chi connectivity index (χ4v) is 4.05. The Hall–Kier alpha value is -1.40. The fraction of sp³-hybridized carbons (Fsp3) is 0.667. The predicted molar refractivity (Wildman–Crippen MR) is 102 cm³/mol. The number of aromatic nitrogens is 1. The van der Waals surface area contributed by atoms with Crippen molar-refractivity contribution in [2.24, 2.45) is 5.92 Å². The van der Waals surface area contributed by atoms with Gasteiger partial charge in [-0.15, -0.1) is 6.58 Å². The van der Waals surface area contributed by atoms with Gasteiger partial charge in [0.1, 0.15) is 5.00 Å². The topological polar surface area (TPSA) is 39.7 Å². The van der Waals surface area contributed by atoms with Crippen molar-refractivity contribution >= 4 is 22.6 Å². The van der Waals surface area contributed by atoms with E-state index in [0.717, 1.165) is 48.6 Å². The van der Waals surface area contributed by atoms with Crippen LogP contribution in [0.5, 0.6) is 0 Å². The quantitative estimate of drug-likeness (QED) is 0.523. The number of urea groups is 1. The summed E-state index contributed by atoms with van der Waals surface area (Å²) in [5.41, 5.74) is 2.25. The Morgan fingerprint density at radius 2 is 2.12 bits per heavy atom. The first-order valence-electron chi connectivity index (χ1n) is 8.82. The molecule has 0 spiro atoms. The maximum Gasteiger partial charge on any atom is 0.327 e. The standard InChI is InChI=1S/C18H30N4OS/c1-6-8-9-10-21-12-20(11-14(3)4)13-22(18(21)23)17-15(5)16(7-2)19-24-17/h6,14H,1,7-13H2,2-5H3. The minimum atomic E-state index is 0.105. The molecule has 1 aliphatic heterocycles. The second-order valence-corrected chi connectivity index (χ2v) is 7.60. The average molecular weight is 351 g/mol. The second kappa shape index (κ2) is 8.62. The highest BCUT2D eigenvalue weighted by atomic mass is 32.1. The highest BCUT2D eigenvalue weighted by Crippen LogP contribution is 2.31. The zero-order chi connectivity index (χ0) is 17.7. The van der Waals surface area contributed by atoms with Crippen LogP contribution in [0.15, 0.2) is 12.7 Å². The molecule has 1 aliphatic rings. The molecule has 2 rings (SSSR count). The third kappa shape index (κ3) is 4.36. The van der Waals surface area contributed by atoms with Gasteiger partial charge >= 0.3 is 6.03 Å². The van der Waals surface area contributed by atoms with Crippen molar-refractivity contribution in [1.29, 1.82) is 0 Å². The molecule has 0 aliphatic carbocycles. The van der Waals surface area contributed by atoms with Gasteiger partial charge < -0.3 is 4.90 Å². The third-order valence-electron chi connectivity index (χ3n) is 4.25. The normalized spacial score (nSPS) is 16.3. The summed E-state index contributed by atoms with van der Waals surface area (Å²) < 4.78 is 4.53. The van der Waals surface area contributed by atoms with Crippen LogP contribution in [0.2, 0.25) is 0 Å². The summed E-state index contributed by atoms with van der Waals surface area (Å²) >= 11 is 1.45. The first kappa shape index (κ1) is 18.9. The summed E-state index contributed by atoms with van der Waals surface area (Å²) in [6.07, 6.45) is 4.72. The number of allylic oxidation sites excluding steroid dienone is 1. The largest absolute Gasteiger partial charge is 0.327 e. The number of rotatable bonds is 8. The zero-order valence-electron chi connectivity index (χ0n) is 15.4. The summed E-state index contributed by atoms with van der Waals surface area (Å²) in [5.74, 6) is 0.573. The van der Waals surface area contributed by atoms with E-state index in [1.165, 1.54) is 11.5 Å². The van der Waals surface area contributed by atoms with E-state index < -0.39 is 0 Å². The van der Waals surface area contributed by atoms with Crippen molar-refractivity contribution < 1.29 is 4.79 Å². The van der Waals surface area contributed by atoms with E-state index in [1.54, 1.807) is 0 Å². The number of amides is 2. The monoisotopic (exact) mass is 350 g/mol. The summed E-state index contributed by atoms with van der Waals surface area (Å²) in [5, 5.41) is 0.999. The molecule has 0 bridgehead atoms. The molecule has 0 unspecified atom stereocenters. The molecule has 1 aromatic heterocycles. The second-order valence-electron chi connectivity index (χ2n) is 6.85. The SMILES string of the molecule is C=CCCCN1CN(CC(C)C)CN(c2snc(CC)c2C)C1=O. The number of carbonyl (C=O) groups is 1. The van der Waals surface area contributed by atoms with Crippen LogP contribution in [0.3, 0.4) is 0 Å². The Balaban J connectivity index is 2.21. The van der Waals surface area contributed by atoms with Crippen molar-refractivity contribution in [3.63, 3.8) is 0 Å². The first-order valence-corrected chi connectivity index (χ1v) is 9.60. The van der Waals surface area contributed by atoms with Gasteiger partial charge in [0.2, 0.25) is 0 Å². The van der Waals surface area contributed by atoms with Gasteiger partial charge in [-0.05, 0) is 43.6 Å². The van der Waals surface area contributed by atoms with Gasteiger partial charge in [-0.2, -0.15) is 4.37 Å². The Bertz CT molecular complexity index is 569. The van der Waals surface area contributed by atoms with Crippen LogP contribution in [0.25, 0.3) is 0 Å². The first-order chi connectivity index (χ1) is 11.5. The maximum absolute atomic E-state index is 13.0. The molecule has 0 saturated carbocycles. The number of carbonyl (C=O) groups excluding carboxylic acids is 1. The fourth-order valence-electron chi connectivity index (χ4n) is 3.09. The van der Waals surface area contributed by atoms with E-state index in [-0.39, 0.29) is 6.03 Å². The van der Waals surface area contributed by atoms with E-state index >= 15 is 0 Å². The average Bonchev–Trinajstić information content (AvgIpc) is 2.90. The van der Waals surface area contributed by atoms with E-state index in [2.05, 4.69) is 43.5 Å². The number of hydrogen-bond acceptors (Lipinski definition) is 4. The maximum atomic E-state index is 13.0. The van der Waals surface area contributed by atoms with Gasteiger partial charge in [0.25, 0.3) is 0 Å². The minimum Gasteiger partial charge on any atom is -0.311 e. The molecular formula is C18H30N4OS. The van der Waals surface area contributed by atoms with Crippen molar-refractivity contribution in [2.75, 3.05) is 31.3 Å². The third-order valence-corrected chi connectivity index (χ3v) is 5.26. The molecular weight excluding hydrogens is 320 g/mol. The molecule has 1 saturated heterocycles. The van der Waals surface area contributed by atoms with Crippen molar-refractivity contribution in [1.82, 2.24) is 14.2 Å². The molecule has 0 aromatic carbocycles. The summed E-state index contributed by atoms with van der Waals surface area (Å²) in [6.45, 7) is 15.5. The molecule has 0 radical (unpaired) electrons. The Morgan fingerprint density at radius 1 is 1.38 bits per heavy atom. The molecule has 0 atom stereocenters. The number of hydrogen-bond donors (Lipinski definition) is 0. The molecule has 2 heterocycles. The molecule has 6 heteroatoms. The van der Waals surface area contributed by atoms with Gasteiger partial charge in [0.15, 0.2) is 0 Å². The van der Waals surface area contributed by atoms with Gasteiger partial charge in [0, 0.05) is 18.7 Å². The smallest absolute Gasteiger partial charge is 0.311 e. The lowest BCUT2D eigenvalue weighted by atomic mass is 10.2. The van der Waals surface area contributed by atoms with Crippen LogP contribution < -0.4 is 4.90 Å². The molecule has 1 aromatic rings. The lowest BCUT2D eigenvalue weighted by molar-refractivity contribution is 0.106. The van der Waals surface area contributed by atoms with Crippen molar-refractivity contribution in [3.05, 3.63) is 23.9 Å². The number of nitrogens with zero attached hydrogens (tertiary/aromatic N) is 4. The lowest BCUT2D eigenvalue weighted by Crippen LogP contribution is -2.59. The molecule has 5 nitrogen and oxygen atoms in total. The van der Waals surface area contributed by atoms with Crippen LogP contribution in [0, 0.1) is 12.8 Å². The number of unbranched alkanes of at least 4 members (excludes halogenated alkanes) is 1. The Kier molecular flexibility index (Phi) is 6.80. The van der Waals surface area contributed by atoms with E-state index in [0.29, 0.717) is 19.3 Å². The molecule has 2 amide bonds. The minimum absolute atomic E-state index is 0.105. The lowest BCUT2D eigenvalue weighted by Gasteiger charge is -2.42. The van der Waals surface area contributed by atoms with Crippen LogP contribution in [0.1, 0.15) is 44.9 Å². The van der Waals surface area contributed by atoms with Gasteiger partial charge in [0.05, 0.1) is 19.0 Å². The van der Waals surface area contributed by atoms with E-state index in [1.807, 2.05) is 15.9 Å². The van der Waals surface area contributed by atoms with Crippen LogP contribution in [0.4, 0.5) is 9.80 Å². The summed E-state index contributed by atoms with van der Waals surface area (Å²) in [4.78, 5) is 19.2. The Morgan fingerprint density at radius 3 is 2.71 bits per heavy atom. The summed E-state index contributed by atoms with van der Waals surface area (Å²) in [7, 11) is 0. The molecule has 0 N–H and O–H groups in total. The van der Waals surface area contributed by atoms with Crippen molar-refractivity contribution in [3.8, 4) is 0 Å². The number of aryl methyl sites for hydroxylation is 1. The highest BCUT2D eigenvalue weighted by Gasteiger charge is 2.33. The van der Waals surface area contributed by atoms with Crippen LogP contribution in [-0.4, -0.2) is 46.6 Å².